The normalized spacial score (nSPS) is 11.9. The van der Waals surface area contributed by atoms with Crippen molar-refractivity contribution in [2.24, 2.45) is 0 Å². The minimum absolute atomic E-state index is 0.799. The number of aliphatic carboxylic acids is 3. The fourth-order valence-electron chi connectivity index (χ4n) is 2.56. The van der Waals surface area contributed by atoms with E-state index in [9.17, 15) is 19.5 Å². The smallest absolute Gasteiger partial charge is 0.336 e. The molecule has 0 aromatic carbocycles. The first-order valence-corrected chi connectivity index (χ1v) is 8.44. The fourth-order valence-corrected chi connectivity index (χ4v) is 2.56. The van der Waals surface area contributed by atoms with Crippen molar-refractivity contribution in [1.29, 1.82) is 0 Å². The zero-order valence-corrected chi connectivity index (χ0v) is 16.1. The topological polar surface area (TPSA) is 159 Å². The number of carboxylic acid groups (broad SMARTS) is 3. The van der Waals surface area contributed by atoms with Gasteiger partial charge in [-0.2, -0.15) is 0 Å². The van der Waals surface area contributed by atoms with Gasteiger partial charge in [-0.15, -0.1) is 0 Å². The Bertz CT molecular complexity index is 429. The Morgan fingerprint density at radius 2 is 1.00 bits per heavy atom. The lowest BCUT2D eigenvalue weighted by Crippen LogP contribution is -2.58. The summed E-state index contributed by atoms with van der Waals surface area (Å²) >= 11 is 0. The van der Waals surface area contributed by atoms with Crippen LogP contribution in [-0.2, 0) is 14.4 Å². The molecule has 0 aliphatic rings. The molecule has 0 rings (SSSR count). The minimum atomic E-state index is -2.74. The van der Waals surface area contributed by atoms with Gasteiger partial charge in [-0.1, -0.05) is 27.7 Å². The molecule has 26 heavy (non-hydrogen) atoms. The van der Waals surface area contributed by atoms with Crippen LogP contribution in [0.2, 0.25) is 0 Å². The summed E-state index contributed by atoms with van der Waals surface area (Å²) in [6.45, 7) is 13.7. The maximum atomic E-state index is 10.3. The van der Waals surface area contributed by atoms with Crippen molar-refractivity contribution in [3.05, 3.63) is 0 Å². The van der Waals surface area contributed by atoms with E-state index >= 15 is 0 Å². The predicted octanol–water partition coefficient (Wildman–Crippen LogP) is 0.0875. The van der Waals surface area contributed by atoms with E-state index in [-0.39, 0.29) is 0 Å². The molecule has 0 bridgehead atoms. The number of hydrogen-bond acceptors (Lipinski definition) is 7. The van der Waals surface area contributed by atoms with Crippen molar-refractivity contribution in [1.82, 2.24) is 9.80 Å². The first-order valence-electron chi connectivity index (χ1n) is 8.44. The second-order valence-corrected chi connectivity index (χ2v) is 5.79. The maximum absolute atomic E-state index is 10.3. The standard InChI is InChI=1S/C10H24N2O.C6H8O7/c1-6-11(7-2)10(5,13)12(8-3)9-4;7-3(8)1-6(13,5(11)12)2-4(9)10/h13H,6-9H2,1-5H3;13H,1-2H2,(H,7,8)(H,9,10)(H,11,12). The third-order valence-electron chi connectivity index (χ3n) is 4.01. The van der Waals surface area contributed by atoms with E-state index in [4.69, 9.17) is 20.4 Å². The second-order valence-electron chi connectivity index (χ2n) is 5.79. The van der Waals surface area contributed by atoms with Gasteiger partial charge >= 0.3 is 17.9 Å². The van der Waals surface area contributed by atoms with Gasteiger partial charge in [0.25, 0.3) is 0 Å². The Labute approximate surface area is 153 Å². The summed E-state index contributed by atoms with van der Waals surface area (Å²) in [6, 6.07) is 0. The summed E-state index contributed by atoms with van der Waals surface area (Å²) in [4.78, 5) is 34.6. The molecule has 0 spiro atoms. The summed E-state index contributed by atoms with van der Waals surface area (Å²) in [7, 11) is 0. The van der Waals surface area contributed by atoms with Crippen molar-refractivity contribution in [3.8, 4) is 0 Å². The van der Waals surface area contributed by atoms with Gasteiger partial charge in [-0.3, -0.25) is 19.4 Å². The molecule has 0 aromatic rings. The van der Waals surface area contributed by atoms with Crippen LogP contribution in [0, 0.1) is 0 Å². The summed E-state index contributed by atoms with van der Waals surface area (Å²) in [5.74, 6) is -5.82. The molecule has 0 aromatic heterocycles. The Balaban J connectivity index is 0. The first kappa shape index (κ1) is 26.5. The molecule has 0 unspecified atom stereocenters. The van der Waals surface area contributed by atoms with Crippen LogP contribution in [0.1, 0.15) is 47.5 Å². The molecule has 0 fully saturated rings. The number of nitrogens with zero attached hydrogens (tertiary/aromatic N) is 2. The molecule has 0 aliphatic heterocycles. The number of aliphatic hydroxyl groups is 2. The molecule has 0 radical (unpaired) electrons. The zero-order chi connectivity index (χ0) is 21.1. The molecule has 10 heteroatoms. The molecule has 0 saturated carbocycles. The second kappa shape index (κ2) is 11.8. The van der Waals surface area contributed by atoms with Crippen LogP contribution in [0.25, 0.3) is 0 Å². The van der Waals surface area contributed by atoms with Gasteiger partial charge in [0.05, 0.1) is 12.8 Å². The molecule has 5 N–H and O–H groups in total. The van der Waals surface area contributed by atoms with Gasteiger partial charge < -0.3 is 25.5 Å². The molecule has 0 heterocycles. The highest BCUT2D eigenvalue weighted by molar-refractivity contribution is 5.88. The summed E-state index contributed by atoms with van der Waals surface area (Å²) < 4.78 is 0. The SMILES string of the molecule is CCN(CC)C(C)(O)N(CC)CC.O=C(O)CC(O)(CC(=O)O)C(=O)O. The molecular formula is C16H32N2O8. The van der Waals surface area contributed by atoms with E-state index in [0.717, 1.165) is 26.2 Å². The summed E-state index contributed by atoms with van der Waals surface area (Å²) in [5, 5.41) is 44.1. The van der Waals surface area contributed by atoms with Gasteiger partial charge in [0.2, 0.25) is 0 Å². The van der Waals surface area contributed by atoms with Crippen LogP contribution in [0.15, 0.2) is 0 Å². The van der Waals surface area contributed by atoms with Gasteiger partial charge in [-0.05, 0) is 33.1 Å². The monoisotopic (exact) mass is 380 g/mol. The highest BCUT2D eigenvalue weighted by atomic mass is 16.4. The van der Waals surface area contributed by atoms with E-state index in [1.807, 2.05) is 6.92 Å². The lowest BCUT2D eigenvalue weighted by atomic mass is 9.96. The molecule has 10 nitrogen and oxygen atoms in total. The first-order chi connectivity index (χ1) is 11.8. The van der Waals surface area contributed by atoms with E-state index in [1.54, 1.807) is 0 Å². The van der Waals surface area contributed by atoms with Crippen molar-refractivity contribution >= 4 is 17.9 Å². The number of carboxylic acids is 3. The Morgan fingerprint density at radius 3 is 1.15 bits per heavy atom. The van der Waals surface area contributed by atoms with Crippen LogP contribution in [0.5, 0.6) is 0 Å². The van der Waals surface area contributed by atoms with Crippen LogP contribution in [-0.4, -0.2) is 90.9 Å². The van der Waals surface area contributed by atoms with Crippen LogP contribution < -0.4 is 0 Å². The molecule has 0 saturated heterocycles. The van der Waals surface area contributed by atoms with Crippen molar-refractivity contribution in [2.45, 2.75) is 58.9 Å². The molecule has 0 atom stereocenters. The lowest BCUT2D eigenvalue weighted by molar-refractivity contribution is -0.198. The Hall–Kier alpha value is -1.75. The number of rotatable bonds is 11. The van der Waals surface area contributed by atoms with E-state index in [2.05, 4.69) is 37.5 Å². The van der Waals surface area contributed by atoms with Crippen molar-refractivity contribution < 1.29 is 39.9 Å². The highest BCUT2D eigenvalue weighted by Crippen LogP contribution is 2.16. The molecule has 0 amide bonds. The van der Waals surface area contributed by atoms with Crippen LogP contribution >= 0.6 is 0 Å². The van der Waals surface area contributed by atoms with Gasteiger partial charge in [0.1, 0.15) is 0 Å². The van der Waals surface area contributed by atoms with Crippen LogP contribution in [0.3, 0.4) is 0 Å². The Kier molecular flexibility index (Phi) is 12.0. The minimum Gasteiger partial charge on any atom is -0.481 e. The molecule has 0 aliphatic carbocycles. The zero-order valence-electron chi connectivity index (χ0n) is 16.1. The molecule has 154 valence electrons. The quantitative estimate of drug-likeness (QED) is 0.311. The van der Waals surface area contributed by atoms with Gasteiger partial charge in [0.15, 0.2) is 11.4 Å². The highest BCUT2D eigenvalue weighted by Gasteiger charge is 2.40. The van der Waals surface area contributed by atoms with E-state index in [0.29, 0.717) is 0 Å². The summed E-state index contributed by atoms with van der Waals surface area (Å²) in [5.41, 5.74) is -2.74. The summed E-state index contributed by atoms with van der Waals surface area (Å²) in [6.07, 6.45) is -2.29. The predicted molar refractivity (Wildman–Crippen MR) is 93.6 cm³/mol. The van der Waals surface area contributed by atoms with Gasteiger partial charge in [0, 0.05) is 0 Å². The fraction of sp³-hybridized carbons (Fsp3) is 0.812. The van der Waals surface area contributed by atoms with Crippen molar-refractivity contribution in [3.63, 3.8) is 0 Å². The third kappa shape index (κ3) is 8.56. The maximum Gasteiger partial charge on any atom is 0.336 e. The van der Waals surface area contributed by atoms with Gasteiger partial charge in [-0.25, -0.2) is 4.79 Å². The average molecular weight is 380 g/mol. The molecular weight excluding hydrogens is 348 g/mol. The van der Waals surface area contributed by atoms with Crippen molar-refractivity contribution in [2.75, 3.05) is 26.2 Å². The number of hydrogen-bond donors (Lipinski definition) is 5. The number of carbonyl (C=O) groups is 3. The van der Waals surface area contributed by atoms with E-state index < -0.39 is 42.2 Å². The largest absolute Gasteiger partial charge is 0.481 e. The third-order valence-corrected chi connectivity index (χ3v) is 4.01. The van der Waals surface area contributed by atoms with E-state index in [1.165, 1.54) is 0 Å². The average Bonchev–Trinajstić information content (AvgIpc) is 2.47. The Morgan fingerprint density at radius 1 is 0.731 bits per heavy atom. The van der Waals surface area contributed by atoms with Crippen LogP contribution in [0.4, 0.5) is 0 Å². The lowest BCUT2D eigenvalue weighted by Gasteiger charge is -2.43.